The fourth-order valence-electron chi connectivity index (χ4n) is 1.95. The molecule has 3 atom stereocenters. The third-order valence-corrected chi connectivity index (χ3v) is 2.92. The lowest BCUT2D eigenvalue weighted by Crippen LogP contribution is -2.39. The third-order valence-electron chi connectivity index (χ3n) is 2.92. The molecule has 1 rings (SSSR count). The van der Waals surface area contributed by atoms with E-state index in [9.17, 15) is 4.79 Å². The summed E-state index contributed by atoms with van der Waals surface area (Å²) in [7, 11) is 0. The molecule has 4 heteroatoms. The standard InChI is InChI=1S/C10H20N2O2/c1-7(10(12)13)14-9-5-3-2-4-8(9)6-11/h7-9H,2-6,11H2,1H3,(H2,12,13). The zero-order valence-corrected chi connectivity index (χ0v) is 8.74. The van der Waals surface area contributed by atoms with Crippen molar-refractivity contribution in [3.05, 3.63) is 0 Å². The van der Waals surface area contributed by atoms with Gasteiger partial charge in [-0.1, -0.05) is 12.8 Å². The van der Waals surface area contributed by atoms with Crippen LogP contribution in [0.5, 0.6) is 0 Å². The number of rotatable bonds is 4. The van der Waals surface area contributed by atoms with Crippen LogP contribution in [0.25, 0.3) is 0 Å². The SMILES string of the molecule is CC(OC1CCCCC1CN)C(N)=O. The molecular formula is C10H20N2O2. The van der Waals surface area contributed by atoms with Crippen LogP contribution in [0, 0.1) is 5.92 Å². The Labute approximate surface area is 85.0 Å². The number of carbonyl (C=O) groups is 1. The van der Waals surface area contributed by atoms with Gasteiger partial charge in [-0.2, -0.15) is 0 Å². The minimum Gasteiger partial charge on any atom is -0.367 e. The summed E-state index contributed by atoms with van der Waals surface area (Å²) in [5, 5.41) is 0. The molecule has 0 heterocycles. The van der Waals surface area contributed by atoms with E-state index in [1.807, 2.05) is 0 Å². The predicted octanol–water partition coefficient (Wildman–Crippen LogP) is 0.394. The van der Waals surface area contributed by atoms with Crippen LogP contribution in [0.3, 0.4) is 0 Å². The first-order chi connectivity index (χ1) is 6.65. The van der Waals surface area contributed by atoms with E-state index < -0.39 is 12.0 Å². The average molecular weight is 200 g/mol. The van der Waals surface area contributed by atoms with Crippen LogP contribution in [-0.2, 0) is 9.53 Å². The van der Waals surface area contributed by atoms with E-state index in [2.05, 4.69) is 0 Å². The molecule has 0 radical (unpaired) electrons. The van der Waals surface area contributed by atoms with Gasteiger partial charge >= 0.3 is 0 Å². The highest BCUT2D eigenvalue weighted by Crippen LogP contribution is 2.26. The second-order valence-corrected chi connectivity index (χ2v) is 4.00. The molecule has 1 amide bonds. The molecule has 0 bridgehead atoms. The van der Waals surface area contributed by atoms with Gasteiger partial charge in [0.25, 0.3) is 0 Å². The summed E-state index contributed by atoms with van der Waals surface area (Å²) in [6.45, 7) is 2.33. The highest BCUT2D eigenvalue weighted by molar-refractivity contribution is 5.78. The van der Waals surface area contributed by atoms with Gasteiger partial charge in [-0.05, 0) is 32.2 Å². The van der Waals surface area contributed by atoms with Crippen molar-refractivity contribution in [1.29, 1.82) is 0 Å². The van der Waals surface area contributed by atoms with Crippen molar-refractivity contribution in [2.45, 2.75) is 44.8 Å². The summed E-state index contributed by atoms with van der Waals surface area (Å²) in [5.74, 6) is -0.00288. The molecule has 82 valence electrons. The Morgan fingerprint density at radius 2 is 2.14 bits per heavy atom. The monoisotopic (exact) mass is 200 g/mol. The lowest BCUT2D eigenvalue weighted by Gasteiger charge is -2.31. The smallest absolute Gasteiger partial charge is 0.246 e. The molecule has 14 heavy (non-hydrogen) atoms. The number of hydrogen-bond donors (Lipinski definition) is 2. The Morgan fingerprint density at radius 1 is 1.50 bits per heavy atom. The Hall–Kier alpha value is -0.610. The minimum atomic E-state index is -0.493. The summed E-state index contributed by atoms with van der Waals surface area (Å²) in [5.41, 5.74) is 10.8. The zero-order chi connectivity index (χ0) is 10.6. The molecule has 3 unspecified atom stereocenters. The highest BCUT2D eigenvalue weighted by atomic mass is 16.5. The van der Waals surface area contributed by atoms with Crippen LogP contribution in [0.15, 0.2) is 0 Å². The van der Waals surface area contributed by atoms with Crippen molar-refractivity contribution >= 4 is 5.91 Å². The number of nitrogens with two attached hydrogens (primary N) is 2. The summed E-state index contributed by atoms with van der Waals surface area (Å²) < 4.78 is 5.60. The molecule has 0 saturated heterocycles. The molecule has 1 aliphatic carbocycles. The second-order valence-electron chi connectivity index (χ2n) is 4.00. The summed E-state index contributed by atoms with van der Waals surface area (Å²) in [4.78, 5) is 10.8. The van der Waals surface area contributed by atoms with Crippen LogP contribution >= 0.6 is 0 Å². The van der Waals surface area contributed by atoms with E-state index in [0.717, 1.165) is 19.3 Å². The van der Waals surface area contributed by atoms with Gasteiger partial charge in [0.2, 0.25) is 5.91 Å². The number of hydrogen-bond acceptors (Lipinski definition) is 3. The van der Waals surface area contributed by atoms with E-state index in [0.29, 0.717) is 12.5 Å². The summed E-state index contributed by atoms with van der Waals surface area (Å²) in [6, 6.07) is 0. The van der Waals surface area contributed by atoms with Crippen LogP contribution in [0.4, 0.5) is 0 Å². The molecule has 1 saturated carbocycles. The van der Waals surface area contributed by atoms with Gasteiger partial charge in [-0.15, -0.1) is 0 Å². The van der Waals surface area contributed by atoms with Crippen molar-refractivity contribution in [3.8, 4) is 0 Å². The van der Waals surface area contributed by atoms with Crippen molar-refractivity contribution in [2.75, 3.05) is 6.54 Å². The zero-order valence-electron chi connectivity index (χ0n) is 8.74. The van der Waals surface area contributed by atoms with Gasteiger partial charge in [0.15, 0.2) is 0 Å². The van der Waals surface area contributed by atoms with Crippen molar-refractivity contribution < 1.29 is 9.53 Å². The molecule has 1 fully saturated rings. The minimum absolute atomic E-state index is 0.122. The normalized spacial score (nSPS) is 29.9. The maximum Gasteiger partial charge on any atom is 0.246 e. The quantitative estimate of drug-likeness (QED) is 0.689. The van der Waals surface area contributed by atoms with E-state index in [-0.39, 0.29) is 6.10 Å². The van der Waals surface area contributed by atoms with Gasteiger partial charge in [-0.25, -0.2) is 0 Å². The first-order valence-electron chi connectivity index (χ1n) is 5.30. The van der Waals surface area contributed by atoms with Crippen LogP contribution in [-0.4, -0.2) is 24.7 Å². The molecule has 0 aromatic rings. The second kappa shape index (κ2) is 5.32. The third kappa shape index (κ3) is 2.96. The average Bonchev–Trinajstić information content (AvgIpc) is 2.18. The van der Waals surface area contributed by atoms with E-state index in [1.165, 1.54) is 6.42 Å². The van der Waals surface area contributed by atoms with Crippen molar-refractivity contribution in [1.82, 2.24) is 0 Å². The Kier molecular flexibility index (Phi) is 4.35. The van der Waals surface area contributed by atoms with Crippen LogP contribution in [0.1, 0.15) is 32.6 Å². The van der Waals surface area contributed by atoms with Gasteiger partial charge in [0, 0.05) is 0 Å². The maximum absolute atomic E-state index is 10.8. The number of ether oxygens (including phenoxy) is 1. The highest BCUT2D eigenvalue weighted by Gasteiger charge is 2.27. The van der Waals surface area contributed by atoms with Crippen molar-refractivity contribution in [2.24, 2.45) is 17.4 Å². The van der Waals surface area contributed by atoms with Gasteiger partial charge < -0.3 is 16.2 Å². The number of amides is 1. The Balaban J connectivity index is 2.44. The molecule has 0 aromatic heterocycles. The van der Waals surface area contributed by atoms with Gasteiger partial charge in [0.05, 0.1) is 6.10 Å². The molecule has 4 nitrogen and oxygen atoms in total. The van der Waals surface area contributed by atoms with E-state index >= 15 is 0 Å². The predicted molar refractivity (Wildman–Crippen MR) is 54.5 cm³/mol. The lowest BCUT2D eigenvalue weighted by molar-refractivity contribution is -0.135. The number of primary amides is 1. The summed E-state index contributed by atoms with van der Waals surface area (Å²) in [6.07, 6.45) is 4.11. The molecule has 1 aliphatic rings. The molecular weight excluding hydrogens is 180 g/mol. The van der Waals surface area contributed by atoms with Crippen LogP contribution < -0.4 is 11.5 Å². The van der Waals surface area contributed by atoms with E-state index in [4.69, 9.17) is 16.2 Å². The first kappa shape index (κ1) is 11.5. The Morgan fingerprint density at radius 3 is 2.71 bits per heavy atom. The van der Waals surface area contributed by atoms with Crippen LogP contribution in [0.2, 0.25) is 0 Å². The first-order valence-corrected chi connectivity index (χ1v) is 5.30. The molecule has 0 aromatic carbocycles. The van der Waals surface area contributed by atoms with E-state index in [1.54, 1.807) is 6.92 Å². The Bertz CT molecular complexity index is 197. The van der Waals surface area contributed by atoms with Gasteiger partial charge in [-0.3, -0.25) is 4.79 Å². The fraction of sp³-hybridized carbons (Fsp3) is 0.900. The summed E-state index contributed by atoms with van der Waals surface area (Å²) >= 11 is 0. The largest absolute Gasteiger partial charge is 0.367 e. The molecule has 0 spiro atoms. The number of carbonyl (C=O) groups excluding carboxylic acids is 1. The molecule has 4 N–H and O–H groups in total. The fourth-order valence-corrected chi connectivity index (χ4v) is 1.95. The molecule has 0 aliphatic heterocycles. The maximum atomic E-state index is 10.8. The van der Waals surface area contributed by atoms with Gasteiger partial charge in [0.1, 0.15) is 6.10 Å². The lowest BCUT2D eigenvalue weighted by atomic mass is 9.86. The topological polar surface area (TPSA) is 78.3 Å². The van der Waals surface area contributed by atoms with Crippen molar-refractivity contribution in [3.63, 3.8) is 0 Å².